The van der Waals surface area contributed by atoms with Crippen molar-refractivity contribution < 1.29 is 25.9 Å². The molecule has 0 aromatic rings. The van der Waals surface area contributed by atoms with Crippen molar-refractivity contribution in [1.82, 2.24) is 9.80 Å². The van der Waals surface area contributed by atoms with Crippen LogP contribution in [0, 0.1) is 23.7 Å². The molecule has 8 unspecified atom stereocenters. The average molecular weight is 601 g/mol. The molecule has 2 heterocycles. The monoisotopic (exact) mass is 600 g/mol. The number of rotatable bonds is 10. The Hall–Kier alpha value is -1.24. The summed E-state index contributed by atoms with van der Waals surface area (Å²) in [6.45, 7) is 5.60. The molecule has 40 heavy (non-hydrogen) atoms. The molecule has 12 heteroatoms. The second kappa shape index (κ2) is 12.2. The molecule has 5 aliphatic rings. The summed E-state index contributed by atoms with van der Waals surface area (Å²) in [5, 5.41) is 0. The van der Waals surface area contributed by atoms with Gasteiger partial charge in [0.2, 0.25) is 0 Å². The molecule has 0 aromatic carbocycles. The van der Waals surface area contributed by atoms with Crippen molar-refractivity contribution in [1.29, 1.82) is 0 Å². The third-order valence-electron chi connectivity index (χ3n) is 10.4. The number of amidine groups is 2. The van der Waals surface area contributed by atoms with Gasteiger partial charge in [0.05, 0.1) is 41.5 Å². The standard InChI is InChI=1S/C28H48N4O6S2/c1-19-6-3-7-23(16-19)28-30-25-18-22(9-11-27(25)32(28)13-5-15-40(36,37)38)21-8-10-26-24(17-21)29-20(2)31(26)12-4-14-39(33,34)35/h19,21-27H,3-18H2,1-2H3,(H,33,34,35)(H,36,37,38). The highest BCUT2D eigenvalue weighted by molar-refractivity contribution is 7.86. The fourth-order valence-corrected chi connectivity index (χ4v) is 9.59. The van der Waals surface area contributed by atoms with E-state index in [1.165, 1.54) is 18.7 Å². The maximum Gasteiger partial charge on any atom is 0.264 e. The summed E-state index contributed by atoms with van der Waals surface area (Å²) in [7, 11) is -7.91. The van der Waals surface area contributed by atoms with E-state index >= 15 is 0 Å². The fraction of sp³-hybridized carbons (Fsp3) is 0.929. The Morgan fingerprint density at radius 3 is 1.88 bits per heavy atom. The molecule has 0 spiro atoms. The highest BCUT2D eigenvalue weighted by Crippen LogP contribution is 2.46. The van der Waals surface area contributed by atoms with Crippen molar-refractivity contribution in [3.05, 3.63) is 0 Å². The lowest BCUT2D eigenvalue weighted by Crippen LogP contribution is -2.48. The van der Waals surface area contributed by atoms with Crippen LogP contribution < -0.4 is 0 Å². The lowest BCUT2D eigenvalue weighted by Gasteiger charge is -2.43. The number of hydrogen-bond acceptors (Lipinski definition) is 8. The number of nitrogens with zero attached hydrogens (tertiary/aromatic N) is 4. The van der Waals surface area contributed by atoms with E-state index in [0.717, 1.165) is 57.2 Å². The van der Waals surface area contributed by atoms with Crippen LogP contribution in [-0.2, 0) is 20.2 Å². The van der Waals surface area contributed by atoms with Gasteiger partial charge in [-0.05, 0) is 88.9 Å². The van der Waals surface area contributed by atoms with Gasteiger partial charge < -0.3 is 9.80 Å². The van der Waals surface area contributed by atoms with E-state index in [-0.39, 0.29) is 23.6 Å². The Kier molecular flexibility index (Phi) is 9.19. The Morgan fingerprint density at radius 1 is 0.750 bits per heavy atom. The Bertz CT molecular complexity index is 1190. The topological polar surface area (TPSA) is 140 Å². The molecule has 3 fully saturated rings. The van der Waals surface area contributed by atoms with Gasteiger partial charge in [0.1, 0.15) is 5.84 Å². The lowest BCUT2D eigenvalue weighted by atomic mass is 9.69. The van der Waals surface area contributed by atoms with Crippen LogP contribution in [0.1, 0.15) is 90.9 Å². The van der Waals surface area contributed by atoms with Gasteiger partial charge in [0, 0.05) is 19.0 Å². The zero-order chi connectivity index (χ0) is 28.7. The molecule has 0 radical (unpaired) electrons. The highest BCUT2D eigenvalue weighted by atomic mass is 32.2. The number of aliphatic imine (C=N–C) groups is 2. The van der Waals surface area contributed by atoms with E-state index in [1.54, 1.807) is 0 Å². The van der Waals surface area contributed by atoms with Crippen LogP contribution in [0.4, 0.5) is 0 Å². The molecule has 3 saturated carbocycles. The summed E-state index contributed by atoms with van der Waals surface area (Å²) < 4.78 is 63.5. The van der Waals surface area contributed by atoms with Gasteiger partial charge in [0.25, 0.3) is 20.2 Å². The third kappa shape index (κ3) is 7.21. The van der Waals surface area contributed by atoms with Gasteiger partial charge in [-0.1, -0.05) is 19.8 Å². The van der Waals surface area contributed by atoms with Crippen LogP contribution in [0.25, 0.3) is 0 Å². The van der Waals surface area contributed by atoms with E-state index in [4.69, 9.17) is 14.5 Å². The zero-order valence-electron chi connectivity index (χ0n) is 24.1. The summed E-state index contributed by atoms with van der Waals surface area (Å²) in [6, 6.07) is 1.19. The first-order valence-corrected chi connectivity index (χ1v) is 18.7. The molecule has 0 amide bonds. The minimum absolute atomic E-state index is 0.199. The Labute approximate surface area is 240 Å². The van der Waals surface area contributed by atoms with Gasteiger partial charge in [0.15, 0.2) is 0 Å². The second-order valence-electron chi connectivity index (χ2n) is 13.2. The van der Waals surface area contributed by atoms with Crippen LogP contribution in [0.15, 0.2) is 9.98 Å². The summed E-state index contributed by atoms with van der Waals surface area (Å²) in [6.07, 6.45) is 12.2. The van der Waals surface area contributed by atoms with Gasteiger partial charge >= 0.3 is 0 Å². The number of hydrogen-bond donors (Lipinski definition) is 2. The fourth-order valence-electron chi connectivity index (χ4n) is 8.60. The minimum Gasteiger partial charge on any atom is -0.355 e. The van der Waals surface area contributed by atoms with Gasteiger partial charge in [-0.15, -0.1) is 0 Å². The third-order valence-corrected chi connectivity index (χ3v) is 12.0. The van der Waals surface area contributed by atoms with Crippen molar-refractivity contribution in [3.63, 3.8) is 0 Å². The Balaban J connectivity index is 1.21. The molecule has 0 aromatic heterocycles. The second-order valence-corrected chi connectivity index (χ2v) is 16.4. The van der Waals surface area contributed by atoms with E-state index < -0.39 is 20.2 Å². The normalized spacial score (nSPS) is 36.7. The highest BCUT2D eigenvalue weighted by Gasteiger charge is 2.46. The van der Waals surface area contributed by atoms with Crippen molar-refractivity contribution in [2.45, 2.75) is 115 Å². The predicted octanol–water partition coefficient (Wildman–Crippen LogP) is 3.89. The summed E-state index contributed by atoms with van der Waals surface area (Å²) in [5.41, 5.74) is 0. The van der Waals surface area contributed by atoms with Gasteiger partial charge in [-0.3, -0.25) is 19.1 Å². The molecular formula is C28H48N4O6S2. The molecule has 8 atom stereocenters. The number of fused-ring (bicyclic) bond motifs is 2. The van der Waals surface area contributed by atoms with Gasteiger partial charge in [-0.2, -0.15) is 16.8 Å². The molecule has 5 rings (SSSR count). The van der Waals surface area contributed by atoms with Crippen molar-refractivity contribution in [2.75, 3.05) is 24.6 Å². The summed E-state index contributed by atoms with van der Waals surface area (Å²) in [5.74, 6) is 4.15. The average Bonchev–Trinajstić information content (AvgIpc) is 3.38. The van der Waals surface area contributed by atoms with Crippen LogP contribution in [0.2, 0.25) is 0 Å². The smallest absolute Gasteiger partial charge is 0.264 e. The molecule has 10 nitrogen and oxygen atoms in total. The molecule has 0 bridgehead atoms. The minimum atomic E-state index is -3.97. The quantitative estimate of drug-likeness (QED) is 0.360. The molecule has 2 aliphatic heterocycles. The van der Waals surface area contributed by atoms with E-state index in [0.29, 0.717) is 61.7 Å². The predicted molar refractivity (Wildman–Crippen MR) is 157 cm³/mol. The lowest BCUT2D eigenvalue weighted by molar-refractivity contribution is 0.112. The first-order valence-electron chi connectivity index (χ1n) is 15.4. The van der Waals surface area contributed by atoms with Crippen LogP contribution >= 0.6 is 0 Å². The molecule has 0 saturated heterocycles. The van der Waals surface area contributed by atoms with E-state index in [2.05, 4.69) is 16.7 Å². The molecule has 3 aliphatic carbocycles. The largest absolute Gasteiger partial charge is 0.355 e. The molecular weight excluding hydrogens is 552 g/mol. The Morgan fingerprint density at radius 2 is 1.30 bits per heavy atom. The SMILES string of the molecule is CC1=NC2CC(C3CCC4C(C3)N=C(C3CCCC(C)C3)N4CCCS(=O)(=O)O)CCC2N1CCCS(=O)(=O)O. The van der Waals surface area contributed by atoms with Crippen LogP contribution in [-0.4, -0.2) is 96.2 Å². The van der Waals surface area contributed by atoms with Crippen LogP contribution in [0.5, 0.6) is 0 Å². The maximum atomic E-state index is 11.4. The molecule has 2 N–H and O–H groups in total. The van der Waals surface area contributed by atoms with E-state index in [1.807, 2.05) is 6.92 Å². The first-order chi connectivity index (χ1) is 18.9. The summed E-state index contributed by atoms with van der Waals surface area (Å²) in [4.78, 5) is 15.1. The van der Waals surface area contributed by atoms with Crippen molar-refractivity contribution in [2.24, 2.45) is 33.7 Å². The maximum absolute atomic E-state index is 11.4. The van der Waals surface area contributed by atoms with Gasteiger partial charge in [-0.25, -0.2) is 0 Å². The van der Waals surface area contributed by atoms with E-state index in [9.17, 15) is 21.4 Å². The first kappa shape index (κ1) is 30.2. The van der Waals surface area contributed by atoms with Crippen LogP contribution in [0.3, 0.4) is 0 Å². The summed E-state index contributed by atoms with van der Waals surface area (Å²) >= 11 is 0. The molecule has 228 valence electrons. The van der Waals surface area contributed by atoms with Crippen molar-refractivity contribution >= 4 is 31.9 Å². The zero-order valence-corrected chi connectivity index (χ0v) is 25.7. The van der Waals surface area contributed by atoms with Crippen molar-refractivity contribution in [3.8, 4) is 0 Å².